The van der Waals surface area contributed by atoms with Crippen LogP contribution in [0.4, 0.5) is 14.5 Å². The number of hydrogen-bond acceptors (Lipinski definition) is 3. The Morgan fingerprint density at radius 2 is 1.79 bits per heavy atom. The minimum Gasteiger partial charge on any atom is -0.381 e. The molecule has 0 atom stereocenters. The summed E-state index contributed by atoms with van der Waals surface area (Å²) in [7, 11) is 0. The van der Waals surface area contributed by atoms with Crippen molar-refractivity contribution in [1.29, 1.82) is 0 Å². The van der Waals surface area contributed by atoms with Gasteiger partial charge < -0.3 is 15.0 Å². The molecular formula is C26H23F2N3O2. The minimum atomic E-state index is -0.787. The number of nitrogens with one attached hydrogen (secondary N) is 2. The summed E-state index contributed by atoms with van der Waals surface area (Å²) in [6, 6.07) is 18.2. The Morgan fingerprint density at radius 1 is 1.03 bits per heavy atom. The summed E-state index contributed by atoms with van der Waals surface area (Å²) >= 11 is 0. The molecule has 0 radical (unpaired) electrons. The Morgan fingerprint density at radius 3 is 2.55 bits per heavy atom. The van der Waals surface area contributed by atoms with Crippen molar-refractivity contribution in [3.63, 3.8) is 0 Å². The number of carbonyl (C=O) groups is 1. The van der Waals surface area contributed by atoms with Crippen LogP contribution < -0.4 is 5.32 Å². The summed E-state index contributed by atoms with van der Waals surface area (Å²) in [5.74, 6) is -0.112. The van der Waals surface area contributed by atoms with E-state index in [2.05, 4.69) is 15.3 Å². The standard InChI is InChI=1S/C26H23F2N3O2/c27-19-7-5-18(6-8-19)26(11-13-33-14-12-26)25(32)29-20-9-10-22-23(16-20)31-24(30-22)15-17-3-1-2-4-21(17)28/h1-10,16H,11-15H2,(H,29,32)(H,30,31). The molecule has 168 valence electrons. The molecule has 4 aromatic rings. The third-order valence-electron chi connectivity index (χ3n) is 6.28. The third kappa shape index (κ3) is 4.24. The van der Waals surface area contributed by atoms with Gasteiger partial charge in [-0.05, 0) is 60.4 Å². The quantitative estimate of drug-likeness (QED) is 0.446. The topological polar surface area (TPSA) is 67.0 Å². The molecular weight excluding hydrogens is 424 g/mol. The number of H-pyrrole nitrogens is 1. The smallest absolute Gasteiger partial charge is 0.235 e. The van der Waals surface area contributed by atoms with Gasteiger partial charge in [0.2, 0.25) is 5.91 Å². The van der Waals surface area contributed by atoms with Crippen molar-refractivity contribution in [1.82, 2.24) is 9.97 Å². The summed E-state index contributed by atoms with van der Waals surface area (Å²) in [5, 5.41) is 3.03. The summed E-state index contributed by atoms with van der Waals surface area (Å²) < 4.78 is 33.0. The summed E-state index contributed by atoms with van der Waals surface area (Å²) in [4.78, 5) is 21.2. The molecule has 1 aromatic heterocycles. The van der Waals surface area contributed by atoms with Crippen LogP contribution in [0.3, 0.4) is 0 Å². The predicted molar refractivity (Wildman–Crippen MR) is 122 cm³/mol. The maximum atomic E-state index is 14.0. The van der Waals surface area contributed by atoms with Crippen LogP contribution in [0.2, 0.25) is 0 Å². The zero-order chi connectivity index (χ0) is 22.8. The SMILES string of the molecule is O=C(Nc1ccc2nc(Cc3ccccc3F)[nH]c2c1)C1(c2ccc(F)cc2)CCOCC1. The average molecular weight is 447 g/mol. The van der Waals surface area contributed by atoms with E-state index in [0.29, 0.717) is 49.6 Å². The monoisotopic (exact) mass is 447 g/mol. The van der Waals surface area contributed by atoms with E-state index in [-0.39, 0.29) is 17.5 Å². The van der Waals surface area contributed by atoms with Gasteiger partial charge in [-0.25, -0.2) is 13.8 Å². The number of amides is 1. The first-order valence-electron chi connectivity index (χ1n) is 10.9. The van der Waals surface area contributed by atoms with Gasteiger partial charge in [-0.1, -0.05) is 30.3 Å². The van der Waals surface area contributed by atoms with Crippen LogP contribution in [-0.2, 0) is 21.4 Å². The van der Waals surface area contributed by atoms with Crippen LogP contribution in [0.15, 0.2) is 66.7 Å². The molecule has 2 heterocycles. The predicted octanol–water partition coefficient (Wildman–Crippen LogP) is 5.12. The van der Waals surface area contributed by atoms with E-state index in [4.69, 9.17) is 4.74 Å². The van der Waals surface area contributed by atoms with E-state index >= 15 is 0 Å². The number of anilines is 1. The Labute approximate surface area is 189 Å². The van der Waals surface area contributed by atoms with E-state index in [1.807, 2.05) is 12.1 Å². The second-order valence-electron chi connectivity index (χ2n) is 8.34. The van der Waals surface area contributed by atoms with Crippen molar-refractivity contribution in [3.05, 3.63) is 95.3 Å². The Balaban J connectivity index is 1.40. The van der Waals surface area contributed by atoms with Gasteiger partial charge in [0.05, 0.1) is 16.4 Å². The molecule has 1 amide bonds. The van der Waals surface area contributed by atoms with Crippen molar-refractivity contribution in [2.24, 2.45) is 0 Å². The van der Waals surface area contributed by atoms with Crippen molar-refractivity contribution in [2.75, 3.05) is 18.5 Å². The van der Waals surface area contributed by atoms with Gasteiger partial charge in [0, 0.05) is 25.3 Å². The van der Waals surface area contributed by atoms with E-state index < -0.39 is 5.41 Å². The number of fused-ring (bicyclic) bond motifs is 1. The maximum absolute atomic E-state index is 14.0. The molecule has 0 unspecified atom stereocenters. The molecule has 3 aromatic carbocycles. The van der Waals surface area contributed by atoms with Gasteiger partial charge in [0.15, 0.2) is 0 Å². The highest BCUT2D eigenvalue weighted by Crippen LogP contribution is 2.36. The first-order valence-corrected chi connectivity index (χ1v) is 10.9. The number of rotatable bonds is 5. The lowest BCUT2D eigenvalue weighted by atomic mass is 9.73. The van der Waals surface area contributed by atoms with Gasteiger partial charge in [-0.15, -0.1) is 0 Å². The molecule has 1 fully saturated rings. The fraction of sp³-hybridized carbons (Fsp3) is 0.231. The molecule has 0 aliphatic carbocycles. The molecule has 0 saturated carbocycles. The Bertz CT molecular complexity index is 1290. The number of ether oxygens (including phenoxy) is 1. The number of imidazole rings is 1. The lowest BCUT2D eigenvalue weighted by Crippen LogP contribution is -2.44. The summed E-state index contributed by atoms with van der Waals surface area (Å²) in [5.41, 5.74) is 2.66. The van der Waals surface area contributed by atoms with Crippen LogP contribution in [0.5, 0.6) is 0 Å². The second-order valence-corrected chi connectivity index (χ2v) is 8.34. The van der Waals surface area contributed by atoms with E-state index in [9.17, 15) is 13.6 Å². The largest absolute Gasteiger partial charge is 0.381 e. The van der Waals surface area contributed by atoms with Crippen LogP contribution in [0, 0.1) is 11.6 Å². The Hall–Kier alpha value is -3.58. The molecule has 0 bridgehead atoms. The van der Waals surface area contributed by atoms with Crippen molar-refractivity contribution >= 4 is 22.6 Å². The summed E-state index contributed by atoms with van der Waals surface area (Å²) in [6.07, 6.45) is 1.38. The number of aromatic nitrogens is 2. The van der Waals surface area contributed by atoms with Gasteiger partial charge in [-0.2, -0.15) is 0 Å². The zero-order valence-electron chi connectivity index (χ0n) is 17.9. The molecule has 5 nitrogen and oxygen atoms in total. The highest BCUT2D eigenvalue weighted by Gasteiger charge is 2.41. The van der Waals surface area contributed by atoms with Gasteiger partial charge >= 0.3 is 0 Å². The fourth-order valence-corrected chi connectivity index (χ4v) is 4.43. The fourth-order valence-electron chi connectivity index (χ4n) is 4.43. The maximum Gasteiger partial charge on any atom is 0.235 e. The number of hydrogen-bond donors (Lipinski definition) is 2. The van der Waals surface area contributed by atoms with E-state index in [1.165, 1.54) is 18.2 Å². The van der Waals surface area contributed by atoms with Gasteiger partial charge in [0.25, 0.3) is 0 Å². The van der Waals surface area contributed by atoms with Gasteiger partial charge in [0.1, 0.15) is 17.5 Å². The number of benzene rings is 3. The second kappa shape index (κ2) is 8.75. The molecule has 1 aliphatic rings. The van der Waals surface area contributed by atoms with Crippen LogP contribution >= 0.6 is 0 Å². The zero-order valence-corrected chi connectivity index (χ0v) is 17.9. The number of halogens is 2. The van der Waals surface area contributed by atoms with Crippen LogP contribution in [-0.4, -0.2) is 29.1 Å². The normalized spacial score (nSPS) is 15.5. The van der Waals surface area contributed by atoms with Crippen LogP contribution in [0.1, 0.15) is 29.8 Å². The molecule has 33 heavy (non-hydrogen) atoms. The summed E-state index contributed by atoms with van der Waals surface area (Å²) in [6.45, 7) is 0.924. The van der Waals surface area contributed by atoms with Crippen molar-refractivity contribution < 1.29 is 18.3 Å². The molecule has 0 spiro atoms. The molecule has 1 aliphatic heterocycles. The first kappa shape index (κ1) is 21.3. The molecule has 2 N–H and O–H groups in total. The average Bonchev–Trinajstić information content (AvgIpc) is 3.23. The lowest BCUT2D eigenvalue weighted by molar-refractivity contribution is -0.125. The number of carbonyl (C=O) groups excluding carboxylic acids is 1. The van der Waals surface area contributed by atoms with Gasteiger partial charge in [-0.3, -0.25) is 4.79 Å². The lowest BCUT2D eigenvalue weighted by Gasteiger charge is -2.36. The van der Waals surface area contributed by atoms with Crippen molar-refractivity contribution in [3.8, 4) is 0 Å². The van der Waals surface area contributed by atoms with E-state index in [1.54, 1.807) is 36.4 Å². The minimum absolute atomic E-state index is 0.150. The molecule has 1 saturated heterocycles. The Kier molecular flexibility index (Phi) is 5.64. The first-order chi connectivity index (χ1) is 16.0. The third-order valence-corrected chi connectivity index (χ3v) is 6.28. The highest BCUT2D eigenvalue weighted by atomic mass is 19.1. The molecule has 5 rings (SSSR count). The number of nitrogens with zero attached hydrogens (tertiary/aromatic N) is 1. The molecule has 7 heteroatoms. The van der Waals surface area contributed by atoms with E-state index in [0.717, 1.165) is 16.6 Å². The highest BCUT2D eigenvalue weighted by molar-refractivity contribution is 6.00. The number of aromatic amines is 1. The van der Waals surface area contributed by atoms with Crippen molar-refractivity contribution in [2.45, 2.75) is 24.7 Å². The van der Waals surface area contributed by atoms with Crippen LogP contribution in [0.25, 0.3) is 11.0 Å².